The van der Waals surface area contributed by atoms with Gasteiger partial charge in [-0.3, -0.25) is 4.79 Å². The van der Waals surface area contributed by atoms with Gasteiger partial charge in [0, 0.05) is 19.3 Å². The van der Waals surface area contributed by atoms with Crippen LogP contribution in [0.5, 0.6) is 0 Å². The highest BCUT2D eigenvalue weighted by atomic mass is 19.3. The predicted molar refractivity (Wildman–Crippen MR) is 68.3 cm³/mol. The summed E-state index contributed by atoms with van der Waals surface area (Å²) in [5.41, 5.74) is 2.03. The molecule has 0 bridgehead atoms. The predicted octanol–water partition coefficient (Wildman–Crippen LogP) is 2.76. The van der Waals surface area contributed by atoms with E-state index in [4.69, 9.17) is 0 Å². The minimum Gasteiger partial charge on any atom is -0.385 e. The lowest BCUT2D eigenvalue weighted by atomic mass is 10.1. The van der Waals surface area contributed by atoms with Crippen LogP contribution in [0.25, 0.3) is 0 Å². The Hall–Kier alpha value is -1.65. The molecule has 0 heterocycles. The third-order valence-corrected chi connectivity index (χ3v) is 2.53. The maximum atomic E-state index is 12.3. The number of hydrogen-bond donors (Lipinski definition) is 1. The zero-order valence-electron chi connectivity index (χ0n) is 10.8. The SMILES string of the molecule is CCNc1ccc(C)cc1C(=O)N(C)CC(F)F. The molecule has 0 fully saturated rings. The van der Waals surface area contributed by atoms with E-state index in [1.165, 1.54) is 7.05 Å². The molecular weight excluding hydrogens is 238 g/mol. The summed E-state index contributed by atoms with van der Waals surface area (Å²) in [5, 5.41) is 3.06. The van der Waals surface area contributed by atoms with E-state index in [1.807, 2.05) is 19.9 Å². The summed E-state index contributed by atoms with van der Waals surface area (Å²) in [7, 11) is 1.38. The second-order valence-corrected chi connectivity index (χ2v) is 4.16. The topological polar surface area (TPSA) is 32.3 Å². The van der Waals surface area contributed by atoms with Crippen LogP contribution in [0.3, 0.4) is 0 Å². The number of alkyl halides is 2. The molecule has 100 valence electrons. The first-order chi connectivity index (χ1) is 8.45. The molecule has 1 rings (SSSR count). The van der Waals surface area contributed by atoms with Gasteiger partial charge in [-0.25, -0.2) is 8.78 Å². The van der Waals surface area contributed by atoms with E-state index in [1.54, 1.807) is 12.1 Å². The second-order valence-electron chi connectivity index (χ2n) is 4.16. The summed E-state index contributed by atoms with van der Waals surface area (Å²) in [6.07, 6.45) is -2.52. The van der Waals surface area contributed by atoms with Crippen molar-refractivity contribution in [2.45, 2.75) is 20.3 Å². The van der Waals surface area contributed by atoms with E-state index in [9.17, 15) is 13.6 Å². The van der Waals surface area contributed by atoms with Gasteiger partial charge in [-0.2, -0.15) is 0 Å². The normalized spacial score (nSPS) is 10.6. The molecule has 5 heteroatoms. The maximum Gasteiger partial charge on any atom is 0.255 e. The molecule has 0 aromatic heterocycles. The Bertz CT molecular complexity index is 421. The van der Waals surface area contributed by atoms with Gasteiger partial charge in [-0.1, -0.05) is 11.6 Å². The molecule has 0 spiro atoms. The Balaban J connectivity index is 2.99. The van der Waals surface area contributed by atoms with Crippen LogP contribution in [-0.2, 0) is 0 Å². The molecule has 0 atom stereocenters. The van der Waals surface area contributed by atoms with E-state index < -0.39 is 18.9 Å². The van der Waals surface area contributed by atoms with Crippen molar-refractivity contribution >= 4 is 11.6 Å². The van der Waals surface area contributed by atoms with Crippen LogP contribution in [0.4, 0.5) is 14.5 Å². The summed E-state index contributed by atoms with van der Waals surface area (Å²) < 4.78 is 24.6. The van der Waals surface area contributed by atoms with Crippen LogP contribution >= 0.6 is 0 Å². The second kappa shape index (κ2) is 6.33. The van der Waals surface area contributed by atoms with Crippen LogP contribution in [0.2, 0.25) is 0 Å². The molecule has 0 aliphatic carbocycles. The van der Waals surface area contributed by atoms with E-state index in [-0.39, 0.29) is 0 Å². The maximum absolute atomic E-state index is 12.3. The molecule has 1 aromatic rings. The standard InChI is InChI=1S/C13H18F2N2O/c1-4-16-11-6-5-9(2)7-10(11)13(18)17(3)8-12(14)15/h5-7,12,16H,4,8H2,1-3H3. The van der Waals surface area contributed by atoms with Gasteiger partial charge in [0.25, 0.3) is 12.3 Å². The van der Waals surface area contributed by atoms with Crippen molar-refractivity contribution < 1.29 is 13.6 Å². The molecule has 0 unspecified atom stereocenters. The molecular formula is C13H18F2N2O. The first-order valence-corrected chi connectivity index (χ1v) is 5.83. The average molecular weight is 256 g/mol. The van der Waals surface area contributed by atoms with Crippen LogP contribution in [0, 0.1) is 6.92 Å². The molecule has 0 saturated carbocycles. The lowest BCUT2D eigenvalue weighted by molar-refractivity contribution is 0.0621. The van der Waals surface area contributed by atoms with Crippen molar-refractivity contribution in [2.75, 3.05) is 25.5 Å². The lowest BCUT2D eigenvalue weighted by Crippen LogP contribution is -2.31. The number of halogens is 2. The highest BCUT2D eigenvalue weighted by molar-refractivity contribution is 5.99. The monoisotopic (exact) mass is 256 g/mol. The van der Waals surface area contributed by atoms with Crippen molar-refractivity contribution in [3.05, 3.63) is 29.3 Å². The van der Waals surface area contributed by atoms with Gasteiger partial charge >= 0.3 is 0 Å². The summed E-state index contributed by atoms with van der Waals surface area (Å²) in [4.78, 5) is 13.1. The summed E-state index contributed by atoms with van der Waals surface area (Å²) in [6, 6.07) is 5.38. The van der Waals surface area contributed by atoms with Crippen molar-refractivity contribution in [3.63, 3.8) is 0 Å². The number of carbonyl (C=O) groups excluding carboxylic acids is 1. The van der Waals surface area contributed by atoms with Crippen molar-refractivity contribution in [2.24, 2.45) is 0 Å². The Morgan fingerprint density at radius 2 is 2.11 bits per heavy atom. The smallest absolute Gasteiger partial charge is 0.255 e. The fourth-order valence-electron chi connectivity index (χ4n) is 1.68. The number of amides is 1. The van der Waals surface area contributed by atoms with Crippen LogP contribution in [0.1, 0.15) is 22.8 Å². The Kier molecular flexibility index (Phi) is 5.07. The molecule has 1 amide bonds. The minimum atomic E-state index is -2.52. The molecule has 0 saturated heterocycles. The number of nitrogens with one attached hydrogen (secondary N) is 1. The molecule has 0 aliphatic rings. The molecule has 1 N–H and O–H groups in total. The van der Waals surface area contributed by atoms with Gasteiger partial charge in [0.1, 0.15) is 0 Å². The molecule has 0 radical (unpaired) electrons. The summed E-state index contributed by atoms with van der Waals surface area (Å²) >= 11 is 0. The molecule has 1 aromatic carbocycles. The zero-order chi connectivity index (χ0) is 13.7. The van der Waals surface area contributed by atoms with Gasteiger partial charge in [0.05, 0.1) is 12.1 Å². The Labute approximate surface area is 106 Å². The largest absolute Gasteiger partial charge is 0.385 e. The van der Waals surface area contributed by atoms with Crippen LogP contribution in [0.15, 0.2) is 18.2 Å². The van der Waals surface area contributed by atoms with E-state index >= 15 is 0 Å². The number of hydrogen-bond acceptors (Lipinski definition) is 2. The zero-order valence-corrected chi connectivity index (χ0v) is 10.8. The minimum absolute atomic E-state index is 0.394. The lowest BCUT2D eigenvalue weighted by Gasteiger charge is -2.19. The third kappa shape index (κ3) is 3.68. The first kappa shape index (κ1) is 14.4. The highest BCUT2D eigenvalue weighted by Crippen LogP contribution is 2.19. The van der Waals surface area contributed by atoms with Gasteiger partial charge in [0.15, 0.2) is 0 Å². The van der Waals surface area contributed by atoms with Gasteiger partial charge in [0.2, 0.25) is 0 Å². The number of benzene rings is 1. The molecule has 3 nitrogen and oxygen atoms in total. The van der Waals surface area contributed by atoms with Crippen molar-refractivity contribution in [3.8, 4) is 0 Å². The quantitative estimate of drug-likeness (QED) is 0.878. The van der Waals surface area contributed by atoms with Crippen LogP contribution in [-0.4, -0.2) is 37.4 Å². The van der Waals surface area contributed by atoms with E-state index in [2.05, 4.69) is 5.32 Å². The van der Waals surface area contributed by atoms with Crippen molar-refractivity contribution in [1.82, 2.24) is 4.90 Å². The van der Waals surface area contributed by atoms with Gasteiger partial charge < -0.3 is 10.2 Å². The summed E-state index contributed by atoms with van der Waals surface area (Å²) in [5.74, 6) is -0.394. The Morgan fingerprint density at radius 1 is 1.44 bits per heavy atom. The van der Waals surface area contributed by atoms with Crippen LogP contribution < -0.4 is 5.32 Å². The Morgan fingerprint density at radius 3 is 2.67 bits per heavy atom. The average Bonchev–Trinajstić information content (AvgIpc) is 2.30. The molecule has 0 aliphatic heterocycles. The first-order valence-electron chi connectivity index (χ1n) is 5.83. The van der Waals surface area contributed by atoms with E-state index in [0.717, 1.165) is 10.5 Å². The number of carbonyl (C=O) groups is 1. The summed E-state index contributed by atoms with van der Waals surface area (Å²) in [6.45, 7) is 3.89. The number of anilines is 1. The number of rotatable bonds is 5. The fraction of sp³-hybridized carbons (Fsp3) is 0.462. The highest BCUT2D eigenvalue weighted by Gasteiger charge is 2.18. The van der Waals surface area contributed by atoms with Gasteiger partial charge in [-0.05, 0) is 26.0 Å². The number of aryl methyl sites for hydroxylation is 1. The third-order valence-electron chi connectivity index (χ3n) is 2.53. The molecule has 18 heavy (non-hydrogen) atoms. The fourth-order valence-corrected chi connectivity index (χ4v) is 1.68. The number of nitrogens with zero attached hydrogens (tertiary/aromatic N) is 1. The van der Waals surface area contributed by atoms with E-state index in [0.29, 0.717) is 17.8 Å². The van der Waals surface area contributed by atoms with Crippen molar-refractivity contribution in [1.29, 1.82) is 0 Å². The van der Waals surface area contributed by atoms with Gasteiger partial charge in [-0.15, -0.1) is 0 Å².